The number of hydrogen-bond acceptors (Lipinski definition) is 2. The van der Waals surface area contributed by atoms with Crippen molar-refractivity contribution in [2.45, 2.75) is 26.2 Å². The molecule has 0 aliphatic heterocycles. The Morgan fingerprint density at radius 3 is 2.94 bits per heavy atom. The van der Waals surface area contributed by atoms with Crippen molar-refractivity contribution in [1.82, 2.24) is 0 Å². The summed E-state index contributed by atoms with van der Waals surface area (Å²) < 4.78 is 5.10. The number of halogens is 1. The first-order valence-electron chi connectivity index (χ1n) is 5.93. The van der Waals surface area contributed by atoms with Crippen LogP contribution in [0, 0.1) is 11.8 Å². The topological polar surface area (TPSA) is 30.2 Å². The van der Waals surface area contributed by atoms with Crippen LogP contribution in [0.3, 0.4) is 0 Å². The first-order valence-corrected chi connectivity index (χ1v) is 6.31. The van der Waals surface area contributed by atoms with Crippen molar-refractivity contribution in [1.29, 1.82) is 0 Å². The molecule has 2 rings (SSSR count). The molecule has 2 aromatic rings. The van der Waals surface area contributed by atoms with Crippen LogP contribution in [0.2, 0.25) is 5.02 Å². The maximum atomic E-state index is 11.4. The summed E-state index contributed by atoms with van der Waals surface area (Å²) in [7, 11) is 0. The Balaban J connectivity index is 2.50. The van der Waals surface area contributed by atoms with Crippen LogP contribution in [0.5, 0.6) is 0 Å². The highest BCUT2D eigenvalue weighted by atomic mass is 35.5. The zero-order valence-electron chi connectivity index (χ0n) is 10.1. The van der Waals surface area contributed by atoms with Gasteiger partial charge >= 0.3 is 5.63 Å². The van der Waals surface area contributed by atoms with Gasteiger partial charge in [0.2, 0.25) is 0 Å². The highest BCUT2D eigenvalue weighted by Gasteiger charge is 2.04. The van der Waals surface area contributed by atoms with Crippen molar-refractivity contribution in [2.75, 3.05) is 0 Å². The molecule has 0 atom stereocenters. The Morgan fingerprint density at radius 2 is 2.17 bits per heavy atom. The second-order valence-electron chi connectivity index (χ2n) is 4.02. The van der Waals surface area contributed by atoms with E-state index in [0.29, 0.717) is 16.2 Å². The highest BCUT2D eigenvalue weighted by Crippen LogP contribution is 2.20. The fraction of sp³-hybridized carbons (Fsp3) is 0.267. The molecule has 0 saturated carbocycles. The molecule has 2 nitrogen and oxygen atoms in total. The van der Waals surface area contributed by atoms with E-state index in [2.05, 4.69) is 18.8 Å². The van der Waals surface area contributed by atoms with E-state index in [1.165, 1.54) is 6.07 Å². The van der Waals surface area contributed by atoms with Crippen LogP contribution in [0.15, 0.2) is 33.5 Å². The van der Waals surface area contributed by atoms with Gasteiger partial charge in [-0.3, -0.25) is 0 Å². The zero-order valence-corrected chi connectivity index (χ0v) is 10.9. The van der Waals surface area contributed by atoms with E-state index in [1.54, 1.807) is 18.2 Å². The van der Waals surface area contributed by atoms with E-state index < -0.39 is 0 Å². The molecule has 0 radical (unpaired) electrons. The number of unbranched alkanes of at least 4 members (excludes halogenated alkanes) is 2. The average Bonchev–Trinajstić information content (AvgIpc) is 2.35. The predicted octanol–water partition coefficient (Wildman–Crippen LogP) is 3.99. The monoisotopic (exact) mass is 260 g/mol. The summed E-state index contributed by atoms with van der Waals surface area (Å²) in [6, 6.07) is 6.57. The van der Waals surface area contributed by atoms with Gasteiger partial charge in [-0.2, -0.15) is 0 Å². The fourth-order valence-electron chi connectivity index (χ4n) is 1.66. The second-order valence-corrected chi connectivity index (χ2v) is 4.46. The molecule has 0 saturated heterocycles. The minimum Gasteiger partial charge on any atom is -0.423 e. The van der Waals surface area contributed by atoms with Gasteiger partial charge in [-0.05, 0) is 24.6 Å². The molecule has 0 spiro atoms. The van der Waals surface area contributed by atoms with E-state index in [-0.39, 0.29) is 5.63 Å². The molecule has 0 unspecified atom stereocenters. The minimum absolute atomic E-state index is 0.385. The zero-order chi connectivity index (χ0) is 13.0. The highest BCUT2D eigenvalue weighted by molar-refractivity contribution is 6.31. The standard InChI is InChI=1S/C15H13ClO2/c1-2-3-4-5-6-11-9-15(17)18-14-8-7-12(16)10-13(11)14/h7-10H,2-4H2,1H3. The molecule has 0 bridgehead atoms. The summed E-state index contributed by atoms with van der Waals surface area (Å²) in [4.78, 5) is 11.4. The average molecular weight is 261 g/mol. The van der Waals surface area contributed by atoms with Crippen LogP contribution in [0.25, 0.3) is 11.0 Å². The van der Waals surface area contributed by atoms with Gasteiger partial charge in [-0.1, -0.05) is 36.8 Å². The SMILES string of the molecule is CCCCC#Cc1cc(=O)oc2ccc(Cl)cc12. The van der Waals surface area contributed by atoms with Gasteiger partial charge in [0.05, 0.1) is 0 Å². The molecular formula is C15H13ClO2. The molecule has 0 N–H and O–H groups in total. The van der Waals surface area contributed by atoms with Crippen LogP contribution in [0.1, 0.15) is 31.7 Å². The van der Waals surface area contributed by atoms with Crippen molar-refractivity contribution < 1.29 is 4.42 Å². The Bertz CT molecular complexity index is 674. The van der Waals surface area contributed by atoms with Gasteiger partial charge in [-0.15, -0.1) is 0 Å². The predicted molar refractivity (Wildman–Crippen MR) is 73.9 cm³/mol. The largest absolute Gasteiger partial charge is 0.423 e. The van der Waals surface area contributed by atoms with Crippen molar-refractivity contribution in [3.63, 3.8) is 0 Å². The van der Waals surface area contributed by atoms with E-state index in [0.717, 1.165) is 24.6 Å². The van der Waals surface area contributed by atoms with Gasteiger partial charge in [0.1, 0.15) is 5.58 Å². The third-order valence-corrected chi connectivity index (χ3v) is 2.82. The molecule has 1 aromatic carbocycles. The smallest absolute Gasteiger partial charge is 0.337 e. The lowest BCUT2D eigenvalue weighted by Gasteiger charge is -1.99. The summed E-state index contributed by atoms with van der Waals surface area (Å²) in [5.41, 5.74) is 0.816. The van der Waals surface area contributed by atoms with E-state index in [1.807, 2.05) is 0 Å². The number of hydrogen-bond donors (Lipinski definition) is 0. The Kier molecular flexibility index (Phi) is 4.07. The van der Waals surface area contributed by atoms with E-state index in [4.69, 9.17) is 16.0 Å². The maximum Gasteiger partial charge on any atom is 0.337 e. The molecule has 18 heavy (non-hydrogen) atoms. The summed E-state index contributed by atoms with van der Waals surface area (Å²) in [6.07, 6.45) is 3.00. The number of benzene rings is 1. The minimum atomic E-state index is -0.385. The lowest BCUT2D eigenvalue weighted by atomic mass is 10.1. The first-order chi connectivity index (χ1) is 8.70. The number of fused-ring (bicyclic) bond motifs is 1. The molecular weight excluding hydrogens is 248 g/mol. The van der Waals surface area contributed by atoms with Gasteiger partial charge in [0, 0.05) is 28.5 Å². The van der Waals surface area contributed by atoms with Crippen LogP contribution < -0.4 is 5.63 Å². The van der Waals surface area contributed by atoms with Crippen LogP contribution in [-0.2, 0) is 0 Å². The summed E-state index contributed by atoms with van der Waals surface area (Å²) >= 11 is 5.95. The quantitative estimate of drug-likeness (QED) is 0.464. The summed E-state index contributed by atoms with van der Waals surface area (Å²) in [6.45, 7) is 2.12. The van der Waals surface area contributed by atoms with Crippen LogP contribution in [0.4, 0.5) is 0 Å². The van der Waals surface area contributed by atoms with Crippen molar-refractivity contribution in [2.24, 2.45) is 0 Å². The van der Waals surface area contributed by atoms with Crippen LogP contribution >= 0.6 is 11.6 Å². The molecule has 3 heteroatoms. The van der Waals surface area contributed by atoms with Crippen molar-refractivity contribution in [3.05, 3.63) is 45.3 Å². The Labute approximate surface area is 111 Å². The Morgan fingerprint density at radius 1 is 1.33 bits per heavy atom. The first kappa shape index (κ1) is 12.7. The van der Waals surface area contributed by atoms with Gasteiger partial charge in [0.15, 0.2) is 0 Å². The van der Waals surface area contributed by atoms with Crippen molar-refractivity contribution >= 4 is 22.6 Å². The lowest BCUT2D eigenvalue weighted by molar-refractivity contribution is 0.560. The second kappa shape index (κ2) is 5.75. The van der Waals surface area contributed by atoms with Crippen molar-refractivity contribution in [3.8, 4) is 11.8 Å². The lowest BCUT2D eigenvalue weighted by Crippen LogP contribution is -1.98. The number of rotatable bonds is 2. The fourth-order valence-corrected chi connectivity index (χ4v) is 1.83. The van der Waals surface area contributed by atoms with E-state index in [9.17, 15) is 4.79 Å². The van der Waals surface area contributed by atoms with Crippen LogP contribution in [-0.4, -0.2) is 0 Å². The molecule has 0 aliphatic rings. The molecule has 0 amide bonds. The third kappa shape index (κ3) is 2.94. The normalized spacial score (nSPS) is 10.1. The van der Waals surface area contributed by atoms with Gasteiger partial charge in [0.25, 0.3) is 0 Å². The van der Waals surface area contributed by atoms with Gasteiger partial charge in [-0.25, -0.2) is 4.79 Å². The van der Waals surface area contributed by atoms with Gasteiger partial charge < -0.3 is 4.42 Å². The summed E-state index contributed by atoms with van der Waals surface area (Å²) in [5.74, 6) is 6.09. The third-order valence-electron chi connectivity index (χ3n) is 2.58. The van der Waals surface area contributed by atoms with E-state index >= 15 is 0 Å². The molecule has 1 heterocycles. The summed E-state index contributed by atoms with van der Waals surface area (Å²) in [5, 5.41) is 1.39. The molecule has 0 fully saturated rings. The molecule has 0 aliphatic carbocycles. The maximum absolute atomic E-state index is 11.4. The molecule has 92 valence electrons. The Hall–Kier alpha value is -1.72. The molecule has 1 aromatic heterocycles.